The lowest BCUT2D eigenvalue weighted by atomic mass is 10.1. The van der Waals surface area contributed by atoms with Gasteiger partial charge in [0.1, 0.15) is 17.3 Å². The molecule has 3 aliphatic rings. The average Bonchev–Trinajstić information content (AvgIpc) is 3.58. The third kappa shape index (κ3) is 4.76. The van der Waals surface area contributed by atoms with Gasteiger partial charge in [-0.15, -0.1) is 0 Å². The van der Waals surface area contributed by atoms with E-state index >= 15 is 0 Å². The molecule has 1 aromatic carbocycles. The third-order valence-corrected chi connectivity index (χ3v) is 8.07. The molecule has 2 amide bonds. The van der Waals surface area contributed by atoms with Crippen LogP contribution in [-0.2, 0) is 6.54 Å². The summed E-state index contributed by atoms with van der Waals surface area (Å²) in [5.41, 5.74) is 1.73. The molecule has 0 aliphatic carbocycles. The van der Waals surface area contributed by atoms with Crippen molar-refractivity contribution >= 4 is 23.6 Å². The summed E-state index contributed by atoms with van der Waals surface area (Å²) in [5.74, 6) is -0.412. The number of aromatic nitrogens is 3. The Labute approximate surface area is 237 Å². The van der Waals surface area contributed by atoms with Crippen LogP contribution in [0.1, 0.15) is 66.6 Å². The fraction of sp³-hybridized carbons (Fsp3) is 0.433. The van der Waals surface area contributed by atoms with Gasteiger partial charge < -0.3 is 9.47 Å². The fourth-order valence-corrected chi connectivity index (χ4v) is 5.75. The van der Waals surface area contributed by atoms with Crippen molar-refractivity contribution in [2.24, 2.45) is 10.9 Å². The van der Waals surface area contributed by atoms with Crippen molar-refractivity contribution in [2.75, 3.05) is 31.1 Å². The maximum atomic E-state index is 14.2. The maximum absolute atomic E-state index is 14.2. The van der Waals surface area contributed by atoms with E-state index in [-0.39, 0.29) is 36.0 Å². The second kappa shape index (κ2) is 10.7. The van der Waals surface area contributed by atoms with Gasteiger partial charge >= 0.3 is 0 Å². The smallest absolute Gasteiger partial charge is 0.283 e. The molecule has 5 heterocycles. The lowest BCUT2D eigenvalue weighted by Gasteiger charge is -2.33. The summed E-state index contributed by atoms with van der Waals surface area (Å²) in [7, 11) is 0. The Balaban J connectivity index is 1.45. The van der Waals surface area contributed by atoms with Crippen LogP contribution >= 0.6 is 0 Å². The Morgan fingerprint density at radius 1 is 1.07 bits per heavy atom. The minimum atomic E-state index is -0.947. The van der Waals surface area contributed by atoms with Crippen molar-refractivity contribution in [1.29, 1.82) is 0 Å². The van der Waals surface area contributed by atoms with E-state index in [9.17, 15) is 18.4 Å². The first kappa shape index (κ1) is 27.0. The maximum Gasteiger partial charge on any atom is 0.283 e. The monoisotopic (exact) mass is 561 g/mol. The molecular weight excluding hydrogens is 528 g/mol. The minimum absolute atomic E-state index is 0.0189. The Kier molecular flexibility index (Phi) is 7.04. The Bertz CT molecular complexity index is 1530. The first-order valence-electron chi connectivity index (χ1n) is 14.2. The minimum Gasteiger partial charge on any atom is -0.337 e. The summed E-state index contributed by atoms with van der Waals surface area (Å²) in [4.78, 5) is 46.3. The fourth-order valence-electron chi connectivity index (χ4n) is 5.75. The van der Waals surface area contributed by atoms with E-state index in [4.69, 9.17) is 9.98 Å². The molecule has 41 heavy (non-hydrogen) atoms. The van der Waals surface area contributed by atoms with Gasteiger partial charge in [0, 0.05) is 31.4 Å². The molecule has 3 aromatic rings. The molecule has 214 valence electrons. The number of piperidine rings is 1. The van der Waals surface area contributed by atoms with Gasteiger partial charge in [-0.05, 0) is 61.9 Å². The van der Waals surface area contributed by atoms with E-state index in [1.54, 1.807) is 23.2 Å². The summed E-state index contributed by atoms with van der Waals surface area (Å²) in [6.45, 7) is 8.66. The first-order valence-corrected chi connectivity index (χ1v) is 14.2. The van der Waals surface area contributed by atoms with Gasteiger partial charge in [0.05, 0.1) is 19.1 Å². The number of nitrogens with zero attached hydrogens (tertiary/aromatic N) is 7. The molecule has 1 saturated heterocycles. The number of guanidine groups is 1. The normalized spacial score (nSPS) is 18.6. The number of carbonyl (C=O) groups is 2. The van der Waals surface area contributed by atoms with Crippen molar-refractivity contribution in [3.05, 3.63) is 65.1 Å². The van der Waals surface area contributed by atoms with Crippen molar-refractivity contribution in [2.45, 2.75) is 52.6 Å². The highest BCUT2D eigenvalue weighted by atomic mass is 19.2. The lowest BCUT2D eigenvalue weighted by Crippen LogP contribution is -2.50. The van der Waals surface area contributed by atoms with Crippen LogP contribution < -0.4 is 4.90 Å². The van der Waals surface area contributed by atoms with Crippen LogP contribution in [0.15, 0.2) is 41.5 Å². The van der Waals surface area contributed by atoms with E-state index in [0.29, 0.717) is 47.5 Å². The van der Waals surface area contributed by atoms with Crippen LogP contribution in [0.5, 0.6) is 0 Å². The molecule has 3 aliphatic heterocycles. The van der Waals surface area contributed by atoms with Crippen LogP contribution in [0.4, 0.5) is 14.6 Å². The predicted octanol–water partition coefficient (Wildman–Crippen LogP) is 4.57. The highest BCUT2D eigenvalue weighted by Gasteiger charge is 2.44. The summed E-state index contributed by atoms with van der Waals surface area (Å²) >= 11 is 0. The first-order chi connectivity index (χ1) is 19.8. The summed E-state index contributed by atoms with van der Waals surface area (Å²) in [6, 6.07) is 7.21. The molecule has 9 nitrogen and oxygen atoms in total. The van der Waals surface area contributed by atoms with Gasteiger partial charge in [0.25, 0.3) is 11.8 Å². The quantitative estimate of drug-likeness (QED) is 0.440. The number of hydrogen-bond donors (Lipinski definition) is 0. The molecule has 0 radical (unpaired) electrons. The van der Waals surface area contributed by atoms with Crippen molar-refractivity contribution in [1.82, 2.24) is 24.3 Å². The van der Waals surface area contributed by atoms with Gasteiger partial charge in [-0.3, -0.25) is 24.4 Å². The summed E-state index contributed by atoms with van der Waals surface area (Å²) in [6.07, 6.45) is 4.68. The highest BCUT2D eigenvalue weighted by molar-refractivity contribution is 6.18. The largest absolute Gasteiger partial charge is 0.337 e. The summed E-state index contributed by atoms with van der Waals surface area (Å²) < 4.78 is 29.8. The average molecular weight is 562 g/mol. The Morgan fingerprint density at radius 3 is 2.51 bits per heavy atom. The molecule has 0 spiro atoms. The zero-order chi connectivity index (χ0) is 28.8. The molecule has 0 bridgehead atoms. The van der Waals surface area contributed by atoms with E-state index in [1.807, 2.05) is 21.3 Å². The van der Waals surface area contributed by atoms with E-state index in [2.05, 4.69) is 18.8 Å². The number of imidazole rings is 1. The molecule has 0 unspecified atom stereocenters. The molecule has 6 rings (SSSR count). The Morgan fingerprint density at radius 2 is 1.85 bits per heavy atom. The van der Waals surface area contributed by atoms with Gasteiger partial charge in [-0.2, -0.15) is 0 Å². The van der Waals surface area contributed by atoms with E-state index < -0.39 is 11.6 Å². The second-order valence-electron chi connectivity index (χ2n) is 11.1. The number of halogens is 2. The van der Waals surface area contributed by atoms with Crippen LogP contribution in [0, 0.1) is 17.6 Å². The van der Waals surface area contributed by atoms with Crippen LogP contribution in [0.3, 0.4) is 0 Å². The zero-order valence-corrected chi connectivity index (χ0v) is 23.5. The number of amides is 2. The molecule has 1 fully saturated rings. The predicted molar refractivity (Wildman–Crippen MR) is 151 cm³/mol. The van der Waals surface area contributed by atoms with Crippen molar-refractivity contribution < 1.29 is 18.4 Å². The van der Waals surface area contributed by atoms with E-state index in [0.717, 1.165) is 44.5 Å². The highest BCUT2D eigenvalue weighted by Crippen LogP contribution is 2.37. The number of fused-ring (bicyclic) bond motifs is 3. The standard InChI is InChI=1S/C30H33F2N7O2/c1-4-37-29(41)25-27(39-17-24(18(2)3)34-30(37)39)38(16-19-8-10-21(31)22(32)14-19)26(35-25)20-9-11-23(33-15-20)28(40)36-12-6-5-7-13-36/h8-11,14-15,18,24H,4-7,12-13,16-17H2,1-3H3/t24-/m0/s1. The SMILES string of the molecule is CCN1C(=O)c2nc(-c3ccc(C(=O)N4CCCCC4)nc3)n(Cc3ccc(F)c(F)c3)c2N2C[C@@H](C(C)C)N=C12. The molecule has 0 saturated carbocycles. The molecule has 2 aromatic heterocycles. The lowest BCUT2D eigenvalue weighted by molar-refractivity contribution is 0.0718. The molecule has 1 atom stereocenters. The van der Waals surface area contributed by atoms with Gasteiger partial charge in [0.2, 0.25) is 5.96 Å². The number of benzene rings is 1. The second-order valence-corrected chi connectivity index (χ2v) is 11.1. The van der Waals surface area contributed by atoms with Gasteiger partial charge in [-0.25, -0.2) is 18.8 Å². The summed E-state index contributed by atoms with van der Waals surface area (Å²) in [5, 5.41) is 0. The van der Waals surface area contributed by atoms with Crippen LogP contribution in [-0.4, -0.2) is 74.3 Å². The van der Waals surface area contributed by atoms with E-state index in [1.165, 1.54) is 6.07 Å². The number of carbonyl (C=O) groups excluding carboxylic acids is 2. The topological polar surface area (TPSA) is 86.9 Å². The molecule has 0 N–H and O–H groups in total. The van der Waals surface area contributed by atoms with Crippen molar-refractivity contribution in [3.63, 3.8) is 0 Å². The molecular formula is C30H33F2N7O2. The number of rotatable bonds is 6. The number of likely N-dealkylation sites (tertiary alicyclic amines) is 1. The van der Waals surface area contributed by atoms with Crippen LogP contribution in [0.25, 0.3) is 11.4 Å². The van der Waals surface area contributed by atoms with Crippen LogP contribution in [0.2, 0.25) is 0 Å². The molecule has 11 heteroatoms. The number of aliphatic imine (C=N–C) groups is 1. The van der Waals surface area contributed by atoms with Gasteiger partial charge in [-0.1, -0.05) is 19.9 Å². The zero-order valence-electron chi connectivity index (χ0n) is 23.5. The Hall–Kier alpha value is -4.15. The van der Waals surface area contributed by atoms with Crippen molar-refractivity contribution in [3.8, 4) is 11.4 Å². The van der Waals surface area contributed by atoms with Gasteiger partial charge in [0.15, 0.2) is 17.3 Å². The third-order valence-electron chi connectivity index (χ3n) is 8.07. The number of anilines is 1. The number of hydrogen-bond acceptors (Lipinski definition) is 6. The number of pyridine rings is 1.